The molecular weight excluding hydrogens is 154 g/mol. The molecule has 0 aliphatic rings. The fraction of sp³-hybridized carbons (Fsp3) is 0.889. The zero-order valence-electron chi connectivity index (χ0n) is 7.47. The fourth-order valence-electron chi connectivity index (χ4n) is 0.656. The van der Waals surface area contributed by atoms with Crippen LogP contribution in [-0.2, 0) is 0 Å². The molecule has 1 unspecified atom stereocenters. The van der Waals surface area contributed by atoms with Gasteiger partial charge in [-0.25, -0.2) is 0 Å². The molecule has 0 aromatic heterocycles. The van der Waals surface area contributed by atoms with Crippen LogP contribution in [0.3, 0.4) is 0 Å². The lowest BCUT2D eigenvalue weighted by molar-refractivity contribution is 0.636. The molecule has 0 fully saturated rings. The number of hydrogen-bond acceptors (Lipinski definition) is 2. The summed E-state index contributed by atoms with van der Waals surface area (Å²) in [5.41, 5.74) is 0. The van der Waals surface area contributed by atoms with Gasteiger partial charge in [0.15, 0.2) is 0 Å². The number of thioether (sulfide) groups is 1. The van der Waals surface area contributed by atoms with Crippen LogP contribution >= 0.6 is 11.8 Å². The Labute approximate surface area is 74.2 Å². The number of nitriles is 1. The molecule has 0 rings (SSSR count). The molecule has 0 radical (unpaired) electrons. The van der Waals surface area contributed by atoms with Crippen LogP contribution < -0.4 is 0 Å². The highest BCUT2D eigenvalue weighted by molar-refractivity contribution is 7.99. The van der Waals surface area contributed by atoms with Crippen LogP contribution in [-0.4, -0.2) is 11.5 Å². The average Bonchev–Trinajstić information content (AvgIpc) is 2.04. The van der Waals surface area contributed by atoms with E-state index in [1.54, 1.807) is 0 Å². The second-order valence-corrected chi connectivity index (χ2v) is 4.00. The summed E-state index contributed by atoms with van der Waals surface area (Å²) >= 11 is 1.97. The van der Waals surface area contributed by atoms with Crippen molar-refractivity contribution in [1.29, 1.82) is 5.26 Å². The zero-order valence-corrected chi connectivity index (χ0v) is 8.28. The van der Waals surface area contributed by atoms with Crippen molar-refractivity contribution in [3.8, 4) is 6.07 Å². The molecule has 0 heterocycles. The summed E-state index contributed by atoms with van der Waals surface area (Å²) < 4.78 is 0. The Morgan fingerprint density at radius 2 is 2.27 bits per heavy atom. The van der Waals surface area contributed by atoms with Crippen molar-refractivity contribution in [1.82, 2.24) is 0 Å². The molecule has 64 valence electrons. The summed E-state index contributed by atoms with van der Waals surface area (Å²) in [6.07, 6.45) is 3.04. The Morgan fingerprint density at radius 1 is 1.55 bits per heavy atom. The van der Waals surface area contributed by atoms with Gasteiger partial charge in [0.1, 0.15) is 0 Å². The highest BCUT2D eigenvalue weighted by Crippen LogP contribution is 2.12. The lowest BCUT2D eigenvalue weighted by atomic mass is 10.2. The fourth-order valence-corrected chi connectivity index (χ4v) is 1.81. The van der Waals surface area contributed by atoms with Crippen LogP contribution in [0.2, 0.25) is 0 Å². The first kappa shape index (κ1) is 10.8. The van der Waals surface area contributed by atoms with Gasteiger partial charge in [-0.1, -0.05) is 20.3 Å². The Hall–Kier alpha value is -0.160. The molecular formula is C9H17NS. The summed E-state index contributed by atoms with van der Waals surface area (Å²) in [7, 11) is 0. The quantitative estimate of drug-likeness (QED) is 0.573. The number of rotatable bonds is 6. The van der Waals surface area contributed by atoms with E-state index in [1.165, 1.54) is 12.2 Å². The topological polar surface area (TPSA) is 23.8 Å². The third-order valence-corrected chi connectivity index (χ3v) is 3.06. The summed E-state index contributed by atoms with van der Waals surface area (Å²) in [4.78, 5) is 0. The highest BCUT2D eigenvalue weighted by atomic mass is 32.2. The van der Waals surface area contributed by atoms with E-state index >= 15 is 0 Å². The van der Waals surface area contributed by atoms with Gasteiger partial charge in [-0.2, -0.15) is 17.0 Å². The Morgan fingerprint density at radius 3 is 2.82 bits per heavy atom. The minimum atomic E-state index is 0.716. The summed E-state index contributed by atoms with van der Waals surface area (Å²) in [5.74, 6) is 3.24. The first-order chi connectivity index (χ1) is 5.31. The van der Waals surface area contributed by atoms with E-state index in [2.05, 4.69) is 19.9 Å². The Balaban J connectivity index is 2.97. The third kappa shape index (κ3) is 7.74. The van der Waals surface area contributed by atoms with Crippen LogP contribution in [0.25, 0.3) is 0 Å². The van der Waals surface area contributed by atoms with Gasteiger partial charge in [-0.3, -0.25) is 0 Å². The maximum Gasteiger partial charge on any atom is 0.0622 e. The predicted octanol–water partition coefficient (Wildman–Crippen LogP) is 3.07. The second kappa shape index (κ2) is 7.94. The molecule has 0 saturated carbocycles. The van der Waals surface area contributed by atoms with Gasteiger partial charge < -0.3 is 0 Å². The third-order valence-electron chi connectivity index (χ3n) is 1.68. The van der Waals surface area contributed by atoms with E-state index < -0.39 is 0 Å². The molecule has 0 N–H and O–H groups in total. The minimum absolute atomic E-state index is 0.716. The predicted molar refractivity (Wildman–Crippen MR) is 51.6 cm³/mol. The molecule has 11 heavy (non-hydrogen) atoms. The number of unbranched alkanes of at least 4 members (excludes halogenated alkanes) is 1. The molecule has 0 saturated heterocycles. The first-order valence-electron chi connectivity index (χ1n) is 4.26. The minimum Gasteiger partial charge on any atom is -0.198 e. The molecule has 1 atom stereocenters. The molecule has 0 bridgehead atoms. The van der Waals surface area contributed by atoms with Gasteiger partial charge in [0.2, 0.25) is 0 Å². The van der Waals surface area contributed by atoms with Crippen LogP contribution in [0.15, 0.2) is 0 Å². The molecule has 2 heteroatoms. The van der Waals surface area contributed by atoms with Crippen molar-refractivity contribution in [2.45, 2.75) is 33.1 Å². The SMILES string of the molecule is CCC(C)CSCCCC#N. The van der Waals surface area contributed by atoms with Crippen LogP contribution in [0.4, 0.5) is 0 Å². The van der Waals surface area contributed by atoms with Crippen molar-refractivity contribution < 1.29 is 0 Å². The van der Waals surface area contributed by atoms with Crippen LogP contribution in [0.1, 0.15) is 33.1 Å². The van der Waals surface area contributed by atoms with Crippen molar-refractivity contribution >= 4 is 11.8 Å². The van der Waals surface area contributed by atoms with Gasteiger partial charge >= 0.3 is 0 Å². The van der Waals surface area contributed by atoms with Crippen molar-refractivity contribution in [2.75, 3.05) is 11.5 Å². The first-order valence-corrected chi connectivity index (χ1v) is 5.41. The summed E-state index contributed by atoms with van der Waals surface area (Å²) in [5, 5.41) is 8.26. The van der Waals surface area contributed by atoms with Gasteiger partial charge in [-0.05, 0) is 23.8 Å². The van der Waals surface area contributed by atoms with Crippen molar-refractivity contribution in [3.05, 3.63) is 0 Å². The smallest absolute Gasteiger partial charge is 0.0622 e. The normalized spacial score (nSPS) is 12.5. The van der Waals surface area contributed by atoms with E-state index in [1.807, 2.05) is 11.8 Å². The molecule has 0 aliphatic carbocycles. The number of hydrogen-bond donors (Lipinski definition) is 0. The van der Waals surface area contributed by atoms with E-state index in [4.69, 9.17) is 5.26 Å². The lowest BCUT2D eigenvalue weighted by Crippen LogP contribution is -1.96. The molecule has 0 aromatic carbocycles. The van der Waals surface area contributed by atoms with Crippen LogP contribution in [0, 0.1) is 17.2 Å². The molecule has 0 spiro atoms. The lowest BCUT2D eigenvalue weighted by Gasteiger charge is -2.05. The van der Waals surface area contributed by atoms with E-state index in [9.17, 15) is 0 Å². The van der Waals surface area contributed by atoms with Crippen molar-refractivity contribution in [3.63, 3.8) is 0 Å². The second-order valence-electron chi connectivity index (χ2n) is 2.85. The molecule has 0 amide bonds. The van der Waals surface area contributed by atoms with Gasteiger partial charge in [0, 0.05) is 6.42 Å². The van der Waals surface area contributed by atoms with E-state index in [0.717, 1.165) is 18.1 Å². The standard InChI is InChI=1S/C9H17NS/c1-3-9(2)8-11-7-5-4-6-10/h9H,3-5,7-8H2,1-2H3. The Bertz CT molecular complexity index is 117. The maximum atomic E-state index is 8.26. The molecule has 1 nitrogen and oxygen atoms in total. The highest BCUT2D eigenvalue weighted by Gasteiger charge is 1.97. The number of nitrogens with zero attached hydrogens (tertiary/aromatic N) is 1. The van der Waals surface area contributed by atoms with E-state index in [0.29, 0.717) is 6.42 Å². The zero-order chi connectivity index (χ0) is 8.53. The van der Waals surface area contributed by atoms with Crippen LogP contribution in [0.5, 0.6) is 0 Å². The van der Waals surface area contributed by atoms with Gasteiger partial charge in [-0.15, -0.1) is 0 Å². The summed E-state index contributed by atoms with van der Waals surface area (Å²) in [6, 6.07) is 2.16. The molecule has 0 aliphatic heterocycles. The van der Waals surface area contributed by atoms with Gasteiger partial charge in [0.05, 0.1) is 6.07 Å². The largest absolute Gasteiger partial charge is 0.198 e. The monoisotopic (exact) mass is 171 g/mol. The van der Waals surface area contributed by atoms with Gasteiger partial charge in [0.25, 0.3) is 0 Å². The van der Waals surface area contributed by atoms with Crippen molar-refractivity contribution in [2.24, 2.45) is 5.92 Å². The van der Waals surface area contributed by atoms with E-state index in [-0.39, 0.29) is 0 Å². The summed E-state index contributed by atoms with van der Waals surface area (Å²) in [6.45, 7) is 4.50. The Kier molecular flexibility index (Phi) is 7.83. The molecule has 0 aromatic rings. The average molecular weight is 171 g/mol. The maximum absolute atomic E-state index is 8.26.